The number of aryl methyl sites for hydroxylation is 1. The van der Waals surface area contributed by atoms with Crippen LogP contribution in [0.3, 0.4) is 0 Å². The van der Waals surface area contributed by atoms with E-state index in [1.165, 1.54) is 6.92 Å². The van der Waals surface area contributed by atoms with Gasteiger partial charge in [-0.3, -0.25) is 9.69 Å². The van der Waals surface area contributed by atoms with E-state index in [1.54, 1.807) is 4.90 Å². The molecule has 0 saturated carbocycles. The Labute approximate surface area is 144 Å². The number of carbonyl (C=O) groups is 1. The predicted molar refractivity (Wildman–Crippen MR) is 95.8 cm³/mol. The van der Waals surface area contributed by atoms with Crippen molar-refractivity contribution >= 4 is 11.6 Å². The fourth-order valence-electron chi connectivity index (χ4n) is 2.58. The fraction of sp³-hybridized carbons (Fsp3) is 0.350. The average Bonchev–Trinajstić information content (AvgIpc) is 2.52. The van der Waals surface area contributed by atoms with Crippen LogP contribution < -0.4 is 4.90 Å². The molecule has 1 atom stereocenters. The van der Waals surface area contributed by atoms with E-state index in [0.29, 0.717) is 5.69 Å². The van der Waals surface area contributed by atoms with Crippen molar-refractivity contribution in [1.29, 1.82) is 0 Å². The molecule has 2 aromatic carbocycles. The second kappa shape index (κ2) is 7.16. The maximum atomic E-state index is 13.1. The van der Waals surface area contributed by atoms with Crippen molar-refractivity contribution in [3.8, 4) is 0 Å². The van der Waals surface area contributed by atoms with Gasteiger partial charge in [0.05, 0.1) is 0 Å². The minimum atomic E-state index is -0.716. The first kappa shape index (κ1) is 18.2. The minimum absolute atomic E-state index is 0.169. The van der Waals surface area contributed by atoms with Crippen LogP contribution in [0.15, 0.2) is 54.6 Å². The summed E-state index contributed by atoms with van der Waals surface area (Å²) in [5, 5.41) is 14.1. The number of hydrogen-bond donors (Lipinski definition) is 0. The standard InChI is InChI=1S/C20H25N2O2/c1-15-11-13-18(14-12-15)21(16(2)23)19(22(24)20(3,4)5)17-9-7-6-8-10-17/h6-14,19H,1-5H3. The largest absolute Gasteiger partial charge is 0.290 e. The van der Waals surface area contributed by atoms with Gasteiger partial charge in [-0.25, -0.2) is 0 Å². The van der Waals surface area contributed by atoms with Gasteiger partial charge in [0.25, 0.3) is 0 Å². The van der Waals surface area contributed by atoms with Gasteiger partial charge < -0.3 is 0 Å². The van der Waals surface area contributed by atoms with E-state index in [0.717, 1.165) is 16.2 Å². The Hall–Kier alpha value is -2.17. The summed E-state index contributed by atoms with van der Waals surface area (Å²) in [6, 6.07) is 17.1. The number of hydroxylamine groups is 2. The fourth-order valence-corrected chi connectivity index (χ4v) is 2.58. The van der Waals surface area contributed by atoms with Crippen LogP contribution in [0.25, 0.3) is 0 Å². The van der Waals surface area contributed by atoms with Crippen LogP contribution in [0, 0.1) is 6.92 Å². The Bertz CT molecular complexity index is 675. The number of nitrogens with zero attached hydrogens (tertiary/aromatic N) is 2. The molecule has 0 fully saturated rings. The lowest BCUT2D eigenvalue weighted by Gasteiger charge is -2.40. The van der Waals surface area contributed by atoms with Crippen molar-refractivity contribution in [1.82, 2.24) is 5.06 Å². The molecular weight excluding hydrogens is 300 g/mol. The van der Waals surface area contributed by atoms with E-state index in [2.05, 4.69) is 0 Å². The predicted octanol–water partition coefficient (Wildman–Crippen LogP) is 4.49. The first-order valence-corrected chi connectivity index (χ1v) is 8.09. The lowest BCUT2D eigenvalue weighted by molar-refractivity contribution is -0.241. The molecule has 0 saturated heterocycles. The lowest BCUT2D eigenvalue weighted by atomic mass is 10.0. The van der Waals surface area contributed by atoms with Crippen molar-refractivity contribution in [2.24, 2.45) is 0 Å². The minimum Gasteiger partial charge on any atom is -0.290 e. The van der Waals surface area contributed by atoms with Crippen LogP contribution in [-0.4, -0.2) is 16.5 Å². The van der Waals surface area contributed by atoms with Gasteiger partial charge in [-0.1, -0.05) is 48.0 Å². The molecule has 1 unspecified atom stereocenters. The van der Waals surface area contributed by atoms with Crippen LogP contribution in [0.2, 0.25) is 0 Å². The molecule has 4 nitrogen and oxygen atoms in total. The molecule has 24 heavy (non-hydrogen) atoms. The Morgan fingerprint density at radius 1 is 0.958 bits per heavy atom. The average molecular weight is 325 g/mol. The molecule has 1 amide bonds. The number of rotatable bonds is 4. The van der Waals surface area contributed by atoms with E-state index >= 15 is 0 Å². The van der Waals surface area contributed by atoms with Crippen LogP contribution in [0.4, 0.5) is 5.69 Å². The van der Waals surface area contributed by atoms with Crippen molar-refractivity contribution in [2.75, 3.05) is 4.90 Å². The summed E-state index contributed by atoms with van der Waals surface area (Å²) in [5.74, 6) is -0.169. The molecule has 127 valence electrons. The van der Waals surface area contributed by atoms with E-state index < -0.39 is 11.7 Å². The van der Waals surface area contributed by atoms with Gasteiger partial charge in [0.2, 0.25) is 5.91 Å². The van der Waals surface area contributed by atoms with Crippen molar-refractivity contribution in [3.05, 3.63) is 65.7 Å². The van der Waals surface area contributed by atoms with Crippen LogP contribution in [0.5, 0.6) is 0 Å². The molecule has 2 aromatic rings. The third-order valence-electron chi connectivity index (χ3n) is 3.88. The molecule has 0 N–H and O–H groups in total. The second-order valence-electron chi connectivity index (χ2n) is 7.01. The zero-order valence-corrected chi connectivity index (χ0v) is 15.0. The van der Waals surface area contributed by atoms with E-state index in [4.69, 9.17) is 0 Å². The lowest BCUT2D eigenvalue weighted by Crippen LogP contribution is -2.49. The quantitative estimate of drug-likeness (QED) is 0.614. The van der Waals surface area contributed by atoms with E-state index in [-0.39, 0.29) is 5.91 Å². The van der Waals surface area contributed by atoms with Gasteiger partial charge in [0, 0.05) is 18.2 Å². The maximum Gasteiger partial charge on any atom is 0.225 e. The molecule has 2 rings (SSSR count). The molecule has 0 heterocycles. The molecule has 0 spiro atoms. The van der Waals surface area contributed by atoms with Crippen LogP contribution in [0.1, 0.15) is 45.0 Å². The van der Waals surface area contributed by atoms with Gasteiger partial charge in [0.15, 0.2) is 0 Å². The van der Waals surface area contributed by atoms with Crippen LogP contribution in [-0.2, 0) is 10.0 Å². The van der Waals surface area contributed by atoms with Gasteiger partial charge in [0.1, 0.15) is 6.17 Å². The Morgan fingerprint density at radius 2 is 1.50 bits per heavy atom. The third-order valence-corrected chi connectivity index (χ3v) is 3.88. The maximum absolute atomic E-state index is 13.1. The first-order valence-electron chi connectivity index (χ1n) is 8.09. The van der Waals surface area contributed by atoms with Gasteiger partial charge >= 0.3 is 0 Å². The molecule has 4 heteroatoms. The van der Waals surface area contributed by atoms with Gasteiger partial charge in [-0.05, 0) is 45.4 Å². The highest BCUT2D eigenvalue weighted by molar-refractivity contribution is 5.92. The topological polar surface area (TPSA) is 43.5 Å². The summed E-state index contributed by atoms with van der Waals surface area (Å²) in [6.07, 6.45) is -0.716. The number of carbonyl (C=O) groups excluding carboxylic acids is 1. The number of hydrogen-bond acceptors (Lipinski definition) is 2. The zero-order valence-electron chi connectivity index (χ0n) is 15.0. The van der Waals surface area contributed by atoms with Crippen molar-refractivity contribution in [2.45, 2.75) is 46.3 Å². The summed E-state index contributed by atoms with van der Waals surface area (Å²) in [7, 11) is 0. The molecular formula is C20H25N2O2. The van der Waals surface area contributed by atoms with Crippen molar-refractivity contribution < 1.29 is 10.0 Å². The Balaban J connectivity index is 2.57. The smallest absolute Gasteiger partial charge is 0.225 e. The molecule has 0 bridgehead atoms. The highest BCUT2D eigenvalue weighted by atomic mass is 16.5. The molecule has 0 aliphatic carbocycles. The number of anilines is 1. The highest BCUT2D eigenvalue weighted by Gasteiger charge is 2.36. The summed E-state index contributed by atoms with van der Waals surface area (Å²) >= 11 is 0. The summed E-state index contributed by atoms with van der Waals surface area (Å²) < 4.78 is 0. The molecule has 0 aromatic heterocycles. The molecule has 0 aliphatic heterocycles. The van der Waals surface area contributed by atoms with Gasteiger partial charge in [-0.15, -0.1) is 10.3 Å². The number of amides is 1. The first-order chi connectivity index (χ1) is 11.2. The summed E-state index contributed by atoms with van der Waals surface area (Å²) in [6.45, 7) is 9.04. The van der Waals surface area contributed by atoms with Crippen LogP contribution >= 0.6 is 0 Å². The Kier molecular flexibility index (Phi) is 5.42. The SMILES string of the molecule is CC(=O)N(c1ccc(C)cc1)C(c1ccccc1)N([O])C(C)(C)C. The second-order valence-corrected chi connectivity index (χ2v) is 7.01. The number of benzene rings is 2. The van der Waals surface area contributed by atoms with Gasteiger partial charge in [-0.2, -0.15) is 0 Å². The van der Waals surface area contributed by atoms with Crippen molar-refractivity contribution in [3.63, 3.8) is 0 Å². The van der Waals surface area contributed by atoms with E-state index in [9.17, 15) is 10.0 Å². The molecule has 1 radical (unpaired) electrons. The summed E-state index contributed by atoms with van der Waals surface area (Å²) in [5.41, 5.74) is 1.97. The zero-order chi connectivity index (χ0) is 17.9. The monoisotopic (exact) mass is 325 g/mol. The normalized spacial score (nSPS) is 13.0. The highest BCUT2D eigenvalue weighted by Crippen LogP contribution is 2.33. The summed E-state index contributed by atoms with van der Waals surface area (Å²) in [4.78, 5) is 14.0. The third kappa shape index (κ3) is 4.02. The Morgan fingerprint density at radius 3 is 1.96 bits per heavy atom. The molecule has 0 aliphatic rings. The van der Waals surface area contributed by atoms with E-state index in [1.807, 2.05) is 82.3 Å².